The molecule has 2 amide bonds. The predicted molar refractivity (Wildman–Crippen MR) is 97.2 cm³/mol. The maximum Gasteiger partial charge on any atom is 0.251 e. The van der Waals surface area contributed by atoms with Gasteiger partial charge in [0, 0.05) is 17.3 Å². The van der Waals surface area contributed by atoms with Gasteiger partial charge in [-0.15, -0.1) is 0 Å². The molecule has 2 N–H and O–H groups in total. The Morgan fingerprint density at radius 2 is 1.88 bits per heavy atom. The quantitative estimate of drug-likeness (QED) is 0.842. The highest BCUT2D eigenvalue weighted by atomic mass is 16.2. The van der Waals surface area contributed by atoms with Gasteiger partial charge in [0.2, 0.25) is 5.91 Å². The van der Waals surface area contributed by atoms with Gasteiger partial charge in [-0.3, -0.25) is 14.5 Å². The molecule has 1 unspecified atom stereocenters. The Morgan fingerprint density at radius 1 is 1.17 bits per heavy atom. The second-order valence-corrected chi connectivity index (χ2v) is 6.60. The fourth-order valence-electron chi connectivity index (χ4n) is 2.85. The third-order valence-corrected chi connectivity index (χ3v) is 4.46. The van der Waals surface area contributed by atoms with Gasteiger partial charge in [-0.1, -0.05) is 25.8 Å². The lowest BCUT2D eigenvalue weighted by atomic mass is 10.1. The highest BCUT2D eigenvalue weighted by Crippen LogP contribution is 2.13. The number of carbonyl (C=O) groups excluding carboxylic acids is 2. The summed E-state index contributed by atoms with van der Waals surface area (Å²) in [5.74, 6) is -0.121. The smallest absolute Gasteiger partial charge is 0.251 e. The molecule has 1 fully saturated rings. The first-order chi connectivity index (χ1) is 11.6. The van der Waals surface area contributed by atoms with E-state index in [4.69, 9.17) is 0 Å². The number of anilines is 1. The molecule has 0 saturated carbocycles. The van der Waals surface area contributed by atoms with E-state index in [9.17, 15) is 9.59 Å². The van der Waals surface area contributed by atoms with Gasteiger partial charge in [-0.05, 0) is 57.5 Å². The summed E-state index contributed by atoms with van der Waals surface area (Å²) < 4.78 is 0. The Morgan fingerprint density at radius 3 is 2.54 bits per heavy atom. The highest BCUT2D eigenvalue weighted by molar-refractivity contribution is 5.97. The van der Waals surface area contributed by atoms with Crippen LogP contribution in [0, 0.1) is 0 Å². The zero-order valence-corrected chi connectivity index (χ0v) is 14.8. The number of hydrogen-bond acceptors (Lipinski definition) is 3. The van der Waals surface area contributed by atoms with Crippen molar-refractivity contribution < 1.29 is 9.59 Å². The molecule has 1 aromatic rings. The predicted octanol–water partition coefficient (Wildman–Crippen LogP) is 3.03. The zero-order chi connectivity index (χ0) is 17.4. The number of benzene rings is 1. The summed E-state index contributed by atoms with van der Waals surface area (Å²) in [7, 11) is 0. The Bertz CT molecular complexity index is 551. The summed E-state index contributed by atoms with van der Waals surface area (Å²) in [6.45, 7) is 6.41. The van der Waals surface area contributed by atoms with E-state index in [1.807, 2.05) is 19.9 Å². The molecule has 1 heterocycles. The molecule has 2 rings (SSSR count). The molecule has 0 aliphatic carbocycles. The van der Waals surface area contributed by atoms with E-state index in [1.165, 1.54) is 25.7 Å². The molecule has 0 bridgehead atoms. The van der Waals surface area contributed by atoms with Crippen LogP contribution in [0.3, 0.4) is 0 Å². The van der Waals surface area contributed by atoms with E-state index in [0.717, 1.165) is 19.5 Å². The van der Waals surface area contributed by atoms with Gasteiger partial charge < -0.3 is 10.6 Å². The Hall–Kier alpha value is -1.88. The lowest BCUT2D eigenvalue weighted by Crippen LogP contribution is -2.34. The Kier molecular flexibility index (Phi) is 7.25. The van der Waals surface area contributed by atoms with E-state index in [0.29, 0.717) is 17.8 Å². The van der Waals surface area contributed by atoms with Crippen LogP contribution in [0.5, 0.6) is 0 Å². The second-order valence-electron chi connectivity index (χ2n) is 6.60. The third-order valence-electron chi connectivity index (χ3n) is 4.46. The van der Waals surface area contributed by atoms with E-state index in [2.05, 4.69) is 15.5 Å². The molecule has 132 valence electrons. The van der Waals surface area contributed by atoms with Gasteiger partial charge in [-0.2, -0.15) is 0 Å². The highest BCUT2D eigenvalue weighted by Gasteiger charge is 2.14. The lowest BCUT2D eigenvalue weighted by molar-refractivity contribution is -0.117. The second kappa shape index (κ2) is 9.42. The van der Waals surface area contributed by atoms with Crippen molar-refractivity contribution in [3.63, 3.8) is 0 Å². The van der Waals surface area contributed by atoms with Crippen molar-refractivity contribution >= 4 is 17.5 Å². The molecule has 0 radical (unpaired) electrons. The average molecular weight is 331 g/mol. The van der Waals surface area contributed by atoms with Gasteiger partial charge in [-0.25, -0.2) is 0 Å². The van der Waals surface area contributed by atoms with Crippen LogP contribution >= 0.6 is 0 Å². The fourth-order valence-corrected chi connectivity index (χ4v) is 2.85. The van der Waals surface area contributed by atoms with Gasteiger partial charge in [0.1, 0.15) is 0 Å². The number of carbonyl (C=O) groups is 2. The summed E-state index contributed by atoms with van der Waals surface area (Å²) in [5.41, 5.74) is 1.24. The molecule has 24 heavy (non-hydrogen) atoms. The summed E-state index contributed by atoms with van der Waals surface area (Å²) in [6, 6.07) is 7.26. The average Bonchev–Trinajstić information content (AvgIpc) is 2.83. The van der Waals surface area contributed by atoms with E-state index >= 15 is 0 Å². The molecule has 0 spiro atoms. The van der Waals surface area contributed by atoms with Crippen LogP contribution in [0.15, 0.2) is 24.3 Å². The number of nitrogens with zero attached hydrogens (tertiary/aromatic N) is 1. The summed E-state index contributed by atoms with van der Waals surface area (Å²) in [5, 5.41) is 5.85. The molecular formula is C19H29N3O2. The topological polar surface area (TPSA) is 61.4 Å². The summed E-state index contributed by atoms with van der Waals surface area (Å²) >= 11 is 0. The molecule has 5 nitrogen and oxygen atoms in total. The monoisotopic (exact) mass is 331 g/mol. The fraction of sp³-hybridized carbons (Fsp3) is 0.579. The number of amides is 2. The number of rotatable bonds is 6. The van der Waals surface area contributed by atoms with E-state index in [-0.39, 0.29) is 17.9 Å². The maximum atomic E-state index is 12.2. The largest absolute Gasteiger partial charge is 0.350 e. The lowest BCUT2D eigenvalue weighted by Gasteiger charge is -2.19. The SMILES string of the molecule is CCC(C)NC(=O)c1cccc(NC(=O)CN2CCCCCC2)c1. The van der Waals surface area contributed by atoms with Gasteiger partial charge in [0.25, 0.3) is 5.91 Å². The summed E-state index contributed by atoms with van der Waals surface area (Å²) in [4.78, 5) is 26.6. The zero-order valence-electron chi connectivity index (χ0n) is 14.8. The number of likely N-dealkylation sites (tertiary alicyclic amines) is 1. The number of nitrogens with one attached hydrogen (secondary N) is 2. The van der Waals surface area contributed by atoms with E-state index in [1.54, 1.807) is 18.2 Å². The number of hydrogen-bond donors (Lipinski definition) is 2. The van der Waals surface area contributed by atoms with Crippen molar-refractivity contribution in [2.75, 3.05) is 25.0 Å². The van der Waals surface area contributed by atoms with Crippen LogP contribution in [-0.4, -0.2) is 42.4 Å². The van der Waals surface area contributed by atoms with Crippen LogP contribution in [0.25, 0.3) is 0 Å². The maximum absolute atomic E-state index is 12.2. The van der Waals surface area contributed by atoms with Gasteiger partial charge >= 0.3 is 0 Å². The van der Waals surface area contributed by atoms with Crippen LogP contribution in [0.1, 0.15) is 56.3 Å². The Balaban J connectivity index is 1.90. The third kappa shape index (κ3) is 5.96. The Labute approximate surface area is 144 Å². The minimum Gasteiger partial charge on any atom is -0.350 e. The minimum atomic E-state index is -0.104. The normalized spacial score (nSPS) is 16.9. The van der Waals surface area contributed by atoms with Crippen molar-refractivity contribution in [2.24, 2.45) is 0 Å². The molecule has 1 saturated heterocycles. The van der Waals surface area contributed by atoms with Crippen molar-refractivity contribution in [2.45, 2.75) is 52.0 Å². The van der Waals surface area contributed by atoms with Crippen LogP contribution < -0.4 is 10.6 Å². The molecule has 1 aliphatic rings. The minimum absolute atomic E-state index is 0.0172. The van der Waals surface area contributed by atoms with Crippen LogP contribution in [0.2, 0.25) is 0 Å². The molecular weight excluding hydrogens is 302 g/mol. The van der Waals surface area contributed by atoms with Crippen LogP contribution in [0.4, 0.5) is 5.69 Å². The van der Waals surface area contributed by atoms with Crippen molar-refractivity contribution in [3.05, 3.63) is 29.8 Å². The first kappa shape index (κ1) is 18.5. The molecule has 1 aliphatic heterocycles. The molecule has 1 aromatic carbocycles. The van der Waals surface area contributed by atoms with Crippen molar-refractivity contribution in [1.29, 1.82) is 0 Å². The molecule has 0 aromatic heterocycles. The summed E-state index contributed by atoms with van der Waals surface area (Å²) in [6.07, 6.45) is 5.73. The first-order valence-electron chi connectivity index (χ1n) is 9.01. The van der Waals surface area contributed by atoms with Crippen LogP contribution in [-0.2, 0) is 4.79 Å². The molecule has 5 heteroatoms. The first-order valence-corrected chi connectivity index (χ1v) is 9.01. The standard InChI is InChI=1S/C19H29N3O2/c1-3-15(2)20-19(24)16-9-8-10-17(13-16)21-18(23)14-22-11-6-4-5-7-12-22/h8-10,13,15H,3-7,11-12,14H2,1-2H3,(H,20,24)(H,21,23). The van der Waals surface area contributed by atoms with E-state index < -0.39 is 0 Å². The van der Waals surface area contributed by atoms with Crippen molar-refractivity contribution in [3.8, 4) is 0 Å². The van der Waals surface area contributed by atoms with Gasteiger partial charge in [0.05, 0.1) is 6.54 Å². The van der Waals surface area contributed by atoms with Gasteiger partial charge in [0.15, 0.2) is 0 Å². The van der Waals surface area contributed by atoms with Crippen molar-refractivity contribution in [1.82, 2.24) is 10.2 Å². The molecule has 1 atom stereocenters.